The first-order valence-electron chi connectivity index (χ1n) is 8.44. The Hall–Kier alpha value is -2.62. The van der Waals surface area contributed by atoms with Gasteiger partial charge in [0.05, 0.1) is 19.8 Å². The van der Waals surface area contributed by atoms with Gasteiger partial charge in [-0.15, -0.1) is 0 Å². The number of methoxy groups -OCH3 is 2. The summed E-state index contributed by atoms with van der Waals surface area (Å²) < 4.78 is 9.35. The van der Waals surface area contributed by atoms with Crippen LogP contribution in [0.5, 0.6) is 0 Å². The van der Waals surface area contributed by atoms with E-state index in [0.29, 0.717) is 18.4 Å². The third-order valence-electron chi connectivity index (χ3n) is 4.17. The Labute approximate surface area is 148 Å². The van der Waals surface area contributed by atoms with Crippen molar-refractivity contribution in [2.24, 2.45) is 0 Å². The first-order valence-corrected chi connectivity index (χ1v) is 8.44. The van der Waals surface area contributed by atoms with E-state index in [2.05, 4.69) is 29.0 Å². The van der Waals surface area contributed by atoms with E-state index in [0.717, 1.165) is 24.8 Å². The maximum absolute atomic E-state index is 11.4. The summed E-state index contributed by atoms with van der Waals surface area (Å²) in [5.41, 5.74) is 4.22. The van der Waals surface area contributed by atoms with Crippen LogP contribution in [0.4, 0.5) is 0 Å². The van der Waals surface area contributed by atoms with Crippen LogP contribution >= 0.6 is 0 Å². The fourth-order valence-electron chi connectivity index (χ4n) is 2.64. The van der Waals surface area contributed by atoms with Crippen LogP contribution in [-0.4, -0.2) is 26.2 Å². The molecular formula is C21H24O4. The summed E-state index contributed by atoms with van der Waals surface area (Å²) in [6, 6.07) is 15.9. The highest BCUT2D eigenvalue weighted by Gasteiger charge is 2.05. The van der Waals surface area contributed by atoms with E-state index in [1.165, 1.54) is 25.3 Å². The predicted molar refractivity (Wildman–Crippen MR) is 96.6 cm³/mol. The van der Waals surface area contributed by atoms with Gasteiger partial charge < -0.3 is 9.47 Å². The minimum atomic E-state index is -0.307. The van der Waals surface area contributed by atoms with Gasteiger partial charge in [0.1, 0.15) is 0 Å². The number of aryl methyl sites for hydroxylation is 3. The van der Waals surface area contributed by atoms with Crippen LogP contribution < -0.4 is 0 Å². The van der Waals surface area contributed by atoms with Gasteiger partial charge in [0.2, 0.25) is 0 Å². The van der Waals surface area contributed by atoms with Crippen molar-refractivity contribution in [3.05, 3.63) is 70.8 Å². The lowest BCUT2D eigenvalue weighted by atomic mass is 10.0. The lowest BCUT2D eigenvalue weighted by Gasteiger charge is -2.05. The molecule has 0 N–H and O–H groups in total. The molecule has 0 aromatic heterocycles. The van der Waals surface area contributed by atoms with E-state index in [4.69, 9.17) is 4.74 Å². The Kier molecular flexibility index (Phi) is 7.20. The molecule has 2 aromatic carbocycles. The maximum Gasteiger partial charge on any atom is 0.337 e. The molecule has 25 heavy (non-hydrogen) atoms. The lowest BCUT2D eigenvalue weighted by Crippen LogP contribution is -2.02. The van der Waals surface area contributed by atoms with Gasteiger partial charge in [0.25, 0.3) is 0 Å². The first-order chi connectivity index (χ1) is 12.1. The zero-order chi connectivity index (χ0) is 18.1. The second-order valence-electron chi connectivity index (χ2n) is 5.93. The molecule has 0 aliphatic carbocycles. The first kappa shape index (κ1) is 18.7. The van der Waals surface area contributed by atoms with Crippen molar-refractivity contribution in [1.82, 2.24) is 0 Å². The Morgan fingerprint density at radius 2 is 1.20 bits per heavy atom. The Morgan fingerprint density at radius 1 is 0.720 bits per heavy atom. The third-order valence-corrected chi connectivity index (χ3v) is 4.17. The Bertz CT molecular complexity index is 687. The second-order valence-corrected chi connectivity index (χ2v) is 5.93. The number of ether oxygens (including phenoxy) is 2. The monoisotopic (exact) mass is 340 g/mol. The molecule has 0 aliphatic heterocycles. The standard InChI is InChI=1S/C21H24O4/c1-24-20(22)15-12-18-8-6-16(7-9-18)4-3-5-17-10-13-19(14-11-17)21(23)25-2/h6-11,13-14H,3-5,12,15H2,1-2H3. The molecular weight excluding hydrogens is 316 g/mol. The van der Waals surface area contributed by atoms with Gasteiger partial charge in [-0.1, -0.05) is 36.4 Å². The number of carbonyl (C=O) groups is 2. The summed E-state index contributed by atoms with van der Waals surface area (Å²) in [6.07, 6.45) is 4.12. The van der Waals surface area contributed by atoms with Crippen molar-refractivity contribution in [3.63, 3.8) is 0 Å². The number of carbonyl (C=O) groups excluding carboxylic acids is 2. The molecule has 132 valence electrons. The zero-order valence-electron chi connectivity index (χ0n) is 14.8. The average Bonchev–Trinajstić information content (AvgIpc) is 2.67. The number of esters is 2. The van der Waals surface area contributed by atoms with Gasteiger partial charge in [0.15, 0.2) is 0 Å². The Morgan fingerprint density at radius 3 is 1.68 bits per heavy atom. The number of hydrogen-bond acceptors (Lipinski definition) is 4. The number of hydrogen-bond donors (Lipinski definition) is 0. The Balaban J connectivity index is 1.77. The molecule has 4 nitrogen and oxygen atoms in total. The van der Waals surface area contributed by atoms with Gasteiger partial charge in [0, 0.05) is 6.42 Å². The van der Waals surface area contributed by atoms with Crippen LogP contribution in [0.1, 0.15) is 39.9 Å². The maximum atomic E-state index is 11.4. The second kappa shape index (κ2) is 9.62. The van der Waals surface area contributed by atoms with Crippen molar-refractivity contribution in [1.29, 1.82) is 0 Å². The smallest absolute Gasteiger partial charge is 0.337 e. The van der Waals surface area contributed by atoms with E-state index in [9.17, 15) is 9.59 Å². The third kappa shape index (κ3) is 6.07. The normalized spacial score (nSPS) is 10.3. The van der Waals surface area contributed by atoms with E-state index in [1.807, 2.05) is 12.1 Å². The number of rotatable bonds is 8. The van der Waals surface area contributed by atoms with Crippen LogP contribution in [0.15, 0.2) is 48.5 Å². The SMILES string of the molecule is COC(=O)CCc1ccc(CCCc2ccc(C(=O)OC)cc2)cc1. The highest BCUT2D eigenvalue weighted by molar-refractivity contribution is 5.89. The number of benzene rings is 2. The largest absolute Gasteiger partial charge is 0.469 e. The van der Waals surface area contributed by atoms with Gasteiger partial charge in [-0.05, 0) is 54.5 Å². The minimum absolute atomic E-state index is 0.178. The van der Waals surface area contributed by atoms with E-state index in [1.54, 1.807) is 12.1 Å². The van der Waals surface area contributed by atoms with Gasteiger partial charge in [-0.3, -0.25) is 4.79 Å². The molecule has 0 fully saturated rings. The summed E-state index contributed by atoms with van der Waals surface area (Å²) >= 11 is 0. The van der Waals surface area contributed by atoms with Crippen molar-refractivity contribution < 1.29 is 19.1 Å². The molecule has 0 unspecified atom stereocenters. The minimum Gasteiger partial charge on any atom is -0.469 e. The fraction of sp³-hybridized carbons (Fsp3) is 0.333. The van der Waals surface area contributed by atoms with Crippen LogP contribution in [0.25, 0.3) is 0 Å². The molecule has 0 spiro atoms. The highest BCUT2D eigenvalue weighted by atomic mass is 16.5. The molecule has 0 amide bonds. The van der Waals surface area contributed by atoms with Crippen molar-refractivity contribution >= 4 is 11.9 Å². The predicted octanol–water partition coefficient (Wildman–Crippen LogP) is 3.75. The molecule has 2 aromatic rings. The molecule has 4 heteroatoms. The summed E-state index contributed by atoms with van der Waals surface area (Å²) in [6.45, 7) is 0. The van der Waals surface area contributed by atoms with Crippen molar-refractivity contribution in [2.45, 2.75) is 32.1 Å². The van der Waals surface area contributed by atoms with E-state index < -0.39 is 0 Å². The molecule has 0 aliphatic rings. The van der Waals surface area contributed by atoms with Gasteiger partial charge in [-0.2, -0.15) is 0 Å². The van der Waals surface area contributed by atoms with Crippen LogP contribution in [0.2, 0.25) is 0 Å². The van der Waals surface area contributed by atoms with Crippen LogP contribution in [-0.2, 0) is 33.5 Å². The molecule has 0 saturated carbocycles. The quantitative estimate of drug-likeness (QED) is 0.687. The summed E-state index contributed by atoms with van der Waals surface area (Å²) in [5.74, 6) is -0.485. The van der Waals surface area contributed by atoms with E-state index >= 15 is 0 Å². The van der Waals surface area contributed by atoms with Gasteiger partial charge in [-0.25, -0.2) is 4.79 Å². The molecule has 0 bridgehead atoms. The molecule has 0 atom stereocenters. The topological polar surface area (TPSA) is 52.6 Å². The molecule has 0 saturated heterocycles. The highest BCUT2D eigenvalue weighted by Crippen LogP contribution is 2.12. The molecule has 2 rings (SSSR count). The zero-order valence-corrected chi connectivity index (χ0v) is 14.8. The molecule has 0 heterocycles. The van der Waals surface area contributed by atoms with Gasteiger partial charge >= 0.3 is 11.9 Å². The average molecular weight is 340 g/mol. The fourth-order valence-corrected chi connectivity index (χ4v) is 2.64. The van der Waals surface area contributed by atoms with Crippen molar-refractivity contribution in [3.8, 4) is 0 Å². The summed E-state index contributed by atoms with van der Waals surface area (Å²) in [5, 5.41) is 0. The van der Waals surface area contributed by atoms with E-state index in [-0.39, 0.29) is 11.9 Å². The van der Waals surface area contributed by atoms with Crippen LogP contribution in [0, 0.1) is 0 Å². The lowest BCUT2D eigenvalue weighted by molar-refractivity contribution is -0.140. The summed E-state index contributed by atoms with van der Waals surface area (Å²) in [7, 11) is 2.80. The summed E-state index contributed by atoms with van der Waals surface area (Å²) in [4.78, 5) is 22.6. The van der Waals surface area contributed by atoms with Crippen LogP contribution in [0.3, 0.4) is 0 Å². The van der Waals surface area contributed by atoms with Crippen molar-refractivity contribution in [2.75, 3.05) is 14.2 Å². The molecule has 0 radical (unpaired) electrons.